The van der Waals surface area contributed by atoms with Crippen LogP contribution in [-0.4, -0.2) is 46.7 Å². The Morgan fingerprint density at radius 3 is 2.75 bits per heavy atom. The average molecular weight is 399 g/mol. The van der Waals surface area contributed by atoms with Crippen LogP contribution >= 0.6 is 15.9 Å². The van der Waals surface area contributed by atoms with Crippen molar-refractivity contribution in [3.63, 3.8) is 0 Å². The van der Waals surface area contributed by atoms with E-state index in [4.69, 9.17) is 4.74 Å². The lowest BCUT2D eigenvalue weighted by Gasteiger charge is -2.33. The van der Waals surface area contributed by atoms with Crippen molar-refractivity contribution in [2.45, 2.75) is 45.3 Å². The number of anilines is 1. The minimum Gasteiger partial charge on any atom is -0.444 e. The molecule has 1 saturated heterocycles. The number of pyridine rings is 1. The number of halogens is 1. The number of likely N-dealkylation sites (tertiary alicyclic amines) is 1. The highest BCUT2D eigenvalue weighted by atomic mass is 79.9. The van der Waals surface area contributed by atoms with Crippen molar-refractivity contribution in [1.82, 2.24) is 15.2 Å². The molecule has 8 heteroatoms. The van der Waals surface area contributed by atoms with Gasteiger partial charge in [-0.05, 0) is 61.7 Å². The average Bonchev–Trinajstić information content (AvgIpc) is 2.48. The molecule has 1 fully saturated rings. The van der Waals surface area contributed by atoms with Gasteiger partial charge in [0.05, 0.1) is 0 Å². The zero-order chi connectivity index (χ0) is 17.7. The predicted octanol–water partition coefficient (Wildman–Crippen LogP) is 3.37. The van der Waals surface area contributed by atoms with Gasteiger partial charge in [0.25, 0.3) is 0 Å². The number of alkyl carbamates (subject to hydrolysis) is 1. The van der Waals surface area contributed by atoms with E-state index in [1.165, 1.54) is 0 Å². The summed E-state index contributed by atoms with van der Waals surface area (Å²) in [6.45, 7) is 6.55. The number of piperidine rings is 1. The number of hydrogen-bond donors (Lipinski definition) is 2. The first-order valence-corrected chi connectivity index (χ1v) is 8.69. The van der Waals surface area contributed by atoms with E-state index >= 15 is 0 Å². The Bertz CT molecular complexity index is 586. The molecule has 1 aliphatic rings. The third kappa shape index (κ3) is 5.99. The number of carbonyl (C=O) groups is 2. The molecule has 132 valence electrons. The van der Waals surface area contributed by atoms with Gasteiger partial charge in [-0.25, -0.2) is 14.6 Å². The molecule has 0 radical (unpaired) electrons. The van der Waals surface area contributed by atoms with E-state index in [9.17, 15) is 9.59 Å². The molecule has 0 saturated carbocycles. The Labute approximate surface area is 150 Å². The first-order chi connectivity index (χ1) is 11.2. The fraction of sp³-hybridized carbons (Fsp3) is 0.562. The molecule has 2 rings (SSSR count). The molecule has 7 nitrogen and oxygen atoms in total. The van der Waals surface area contributed by atoms with Crippen LogP contribution < -0.4 is 10.6 Å². The molecule has 0 unspecified atom stereocenters. The van der Waals surface area contributed by atoms with Gasteiger partial charge in [-0.2, -0.15) is 0 Å². The number of aromatic nitrogens is 1. The van der Waals surface area contributed by atoms with Crippen molar-refractivity contribution in [3.8, 4) is 0 Å². The van der Waals surface area contributed by atoms with Gasteiger partial charge in [-0.1, -0.05) is 0 Å². The Kier molecular flexibility index (Phi) is 6.04. The fourth-order valence-corrected chi connectivity index (χ4v) is 2.63. The van der Waals surface area contributed by atoms with Gasteiger partial charge < -0.3 is 15.0 Å². The van der Waals surface area contributed by atoms with Gasteiger partial charge in [-0.15, -0.1) is 0 Å². The van der Waals surface area contributed by atoms with E-state index in [2.05, 4.69) is 31.5 Å². The number of ether oxygens (including phenoxy) is 1. The predicted molar refractivity (Wildman–Crippen MR) is 94.9 cm³/mol. The smallest absolute Gasteiger partial charge is 0.407 e. The number of urea groups is 1. The first kappa shape index (κ1) is 18.5. The van der Waals surface area contributed by atoms with Crippen molar-refractivity contribution in [2.24, 2.45) is 0 Å². The number of nitrogens with one attached hydrogen (secondary N) is 2. The van der Waals surface area contributed by atoms with Crippen molar-refractivity contribution in [3.05, 3.63) is 22.8 Å². The lowest BCUT2D eigenvalue weighted by molar-refractivity contribution is 0.0480. The molecule has 0 spiro atoms. The van der Waals surface area contributed by atoms with Crippen molar-refractivity contribution in [1.29, 1.82) is 0 Å². The van der Waals surface area contributed by atoms with Gasteiger partial charge in [0.1, 0.15) is 11.4 Å². The summed E-state index contributed by atoms with van der Waals surface area (Å²) in [7, 11) is 0. The molecule has 3 amide bonds. The summed E-state index contributed by atoms with van der Waals surface area (Å²) in [6, 6.07) is 3.20. The van der Waals surface area contributed by atoms with Gasteiger partial charge in [-0.3, -0.25) is 5.32 Å². The van der Waals surface area contributed by atoms with Crippen LogP contribution in [0, 0.1) is 0 Å². The minimum absolute atomic E-state index is 0.114. The van der Waals surface area contributed by atoms with Crippen molar-refractivity contribution >= 4 is 33.9 Å². The van der Waals surface area contributed by atoms with Crippen LogP contribution in [0.4, 0.5) is 15.4 Å². The normalized spacial score (nSPS) is 18.0. The fourth-order valence-electron chi connectivity index (χ4n) is 2.39. The number of nitrogens with zero attached hydrogens (tertiary/aromatic N) is 2. The Balaban J connectivity index is 1.86. The molecule has 1 atom stereocenters. The number of rotatable bonds is 2. The van der Waals surface area contributed by atoms with E-state index in [0.29, 0.717) is 18.9 Å². The zero-order valence-electron chi connectivity index (χ0n) is 14.1. The molecule has 1 aliphatic heterocycles. The lowest BCUT2D eigenvalue weighted by atomic mass is 10.1. The summed E-state index contributed by atoms with van der Waals surface area (Å²) in [5, 5.41) is 5.59. The van der Waals surface area contributed by atoms with Crippen LogP contribution in [0.1, 0.15) is 33.6 Å². The number of hydrogen-bond acceptors (Lipinski definition) is 4. The molecule has 0 aromatic carbocycles. The number of amides is 3. The van der Waals surface area contributed by atoms with Crippen LogP contribution in [0.3, 0.4) is 0 Å². The lowest BCUT2D eigenvalue weighted by Crippen LogP contribution is -2.51. The Morgan fingerprint density at radius 1 is 1.38 bits per heavy atom. The van der Waals surface area contributed by atoms with E-state index < -0.39 is 11.7 Å². The van der Waals surface area contributed by atoms with Crippen LogP contribution in [0.15, 0.2) is 22.8 Å². The Hall–Kier alpha value is -1.83. The molecular weight excluding hydrogens is 376 g/mol. The third-order valence-corrected chi connectivity index (χ3v) is 3.86. The maximum Gasteiger partial charge on any atom is 0.407 e. The molecule has 0 aliphatic carbocycles. The van der Waals surface area contributed by atoms with E-state index in [0.717, 1.165) is 17.3 Å². The molecule has 0 bridgehead atoms. The van der Waals surface area contributed by atoms with E-state index in [-0.39, 0.29) is 12.1 Å². The zero-order valence-corrected chi connectivity index (χ0v) is 15.7. The number of carbonyl (C=O) groups excluding carboxylic acids is 2. The molecular formula is C16H23BrN4O3. The summed E-state index contributed by atoms with van der Waals surface area (Å²) in [4.78, 5) is 30.0. The second kappa shape index (κ2) is 7.83. The SMILES string of the molecule is CC(C)(C)OC(=O)N[C@@H]1CCCN(C(=O)Nc2ccc(Br)cn2)C1. The topological polar surface area (TPSA) is 83.6 Å². The van der Waals surface area contributed by atoms with Crippen LogP contribution in [0.5, 0.6) is 0 Å². The first-order valence-electron chi connectivity index (χ1n) is 7.90. The highest BCUT2D eigenvalue weighted by Gasteiger charge is 2.26. The molecule has 2 N–H and O–H groups in total. The summed E-state index contributed by atoms with van der Waals surface area (Å²) in [5.41, 5.74) is -0.539. The quantitative estimate of drug-likeness (QED) is 0.799. The summed E-state index contributed by atoms with van der Waals surface area (Å²) >= 11 is 3.30. The van der Waals surface area contributed by atoms with Crippen molar-refractivity contribution in [2.75, 3.05) is 18.4 Å². The van der Waals surface area contributed by atoms with Gasteiger partial charge in [0.2, 0.25) is 0 Å². The van der Waals surface area contributed by atoms with Crippen molar-refractivity contribution < 1.29 is 14.3 Å². The summed E-state index contributed by atoms with van der Waals surface area (Å²) in [5.74, 6) is 0.491. The largest absolute Gasteiger partial charge is 0.444 e. The van der Waals surface area contributed by atoms with Gasteiger partial charge in [0.15, 0.2) is 0 Å². The van der Waals surface area contributed by atoms with Gasteiger partial charge in [0, 0.05) is 29.8 Å². The maximum atomic E-state index is 12.3. The third-order valence-electron chi connectivity index (χ3n) is 3.39. The standard InChI is InChI=1S/C16H23BrN4O3/c1-16(2,3)24-15(23)19-12-5-4-8-21(10-12)14(22)20-13-7-6-11(17)9-18-13/h6-7,9,12H,4-5,8,10H2,1-3H3,(H,19,23)(H,18,20,22)/t12-/m1/s1. The van der Waals surface area contributed by atoms with E-state index in [1.807, 2.05) is 26.8 Å². The molecule has 24 heavy (non-hydrogen) atoms. The van der Waals surface area contributed by atoms with Gasteiger partial charge >= 0.3 is 12.1 Å². The highest BCUT2D eigenvalue weighted by molar-refractivity contribution is 9.10. The maximum absolute atomic E-state index is 12.3. The molecule has 1 aromatic rings. The minimum atomic E-state index is -0.539. The highest BCUT2D eigenvalue weighted by Crippen LogP contribution is 2.15. The molecule has 1 aromatic heterocycles. The van der Waals surface area contributed by atoms with Crippen LogP contribution in [0.2, 0.25) is 0 Å². The monoisotopic (exact) mass is 398 g/mol. The van der Waals surface area contributed by atoms with Crippen LogP contribution in [0.25, 0.3) is 0 Å². The molecule has 2 heterocycles. The van der Waals surface area contributed by atoms with Crippen LogP contribution in [-0.2, 0) is 4.74 Å². The van der Waals surface area contributed by atoms with E-state index in [1.54, 1.807) is 17.2 Å². The summed E-state index contributed by atoms with van der Waals surface area (Å²) in [6.07, 6.45) is 2.81. The Morgan fingerprint density at radius 2 is 2.12 bits per heavy atom. The second-order valence-electron chi connectivity index (χ2n) is 6.72. The summed E-state index contributed by atoms with van der Waals surface area (Å²) < 4.78 is 6.11. The second-order valence-corrected chi connectivity index (χ2v) is 7.64.